The van der Waals surface area contributed by atoms with Crippen molar-refractivity contribution >= 4 is 36.6 Å². The second-order valence-electron chi connectivity index (χ2n) is 4.81. The Labute approximate surface area is 143 Å². The summed E-state index contributed by atoms with van der Waals surface area (Å²) >= 11 is -1.98. The molecule has 1 amide bonds. The van der Waals surface area contributed by atoms with Crippen LogP contribution in [-0.4, -0.2) is 31.0 Å². The Bertz CT molecular complexity index is 620. The number of carbonyl (C=O) groups is 1. The first kappa shape index (κ1) is 17.1. The number of nitrogens with two attached hydrogens (primary N) is 1. The average molecular weight is 411 g/mol. The van der Waals surface area contributed by atoms with Gasteiger partial charge in [0.2, 0.25) is 0 Å². The van der Waals surface area contributed by atoms with Crippen molar-refractivity contribution in [1.82, 2.24) is 0 Å². The monoisotopic (exact) mass is 412 g/mol. The molecule has 0 unspecified atom stereocenters. The molecule has 0 aliphatic heterocycles. The Balaban J connectivity index is 0.000000433. The van der Waals surface area contributed by atoms with E-state index in [2.05, 4.69) is 96.7 Å². The first-order valence-electron chi connectivity index (χ1n) is 7.20. The van der Waals surface area contributed by atoms with Crippen LogP contribution in [0.2, 0.25) is 0 Å². The first-order valence-corrected chi connectivity index (χ1v) is 11.5. The molecule has 115 valence electrons. The van der Waals surface area contributed by atoms with Gasteiger partial charge in [-0.25, -0.2) is 4.79 Å². The standard InChI is InChI=1S/3C6H5.CH3NO2.Sn/c3*1-2-4-6-5-3-1;2-1(3)4;/h3*1-5H;2H2,(H,3,4);. The summed E-state index contributed by atoms with van der Waals surface area (Å²) in [7, 11) is 0. The summed E-state index contributed by atoms with van der Waals surface area (Å²) in [6, 6.07) is 32.9. The molecular formula is C19H18NO2Sn. The van der Waals surface area contributed by atoms with Crippen LogP contribution < -0.4 is 16.5 Å². The Hall–Kier alpha value is -2.27. The molecule has 0 aliphatic carbocycles. The van der Waals surface area contributed by atoms with Crippen LogP contribution in [0.1, 0.15) is 0 Å². The van der Waals surface area contributed by atoms with Crippen LogP contribution in [0.5, 0.6) is 0 Å². The summed E-state index contributed by atoms with van der Waals surface area (Å²) in [5, 5.41) is 7.19. The van der Waals surface area contributed by atoms with Gasteiger partial charge in [-0.05, 0) is 0 Å². The van der Waals surface area contributed by atoms with E-state index in [1.165, 1.54) is 10.7 Å². The van der Waals surface area contributed by atoms with Crippen LogP contribution in [0, 0.1) is 0 Å². The SMILES string of the molecule is NC(=O)O.c1cc[c]([Sn]([c]2ccccc2)[c]2ccccc2)cc1. The van der Waals surface area contributed by atoms with Crippen molar-refractivity contribution in [2.24, 2.45) is 5.73 Å². The van der Waals surface area contributed by atoms with Gasteiger partial charge in [-0.3, -0.25) is 0 Å². The van der Waals surface area contributed by atoms with Gasteiger partial charge in [-0.1, -0.05) is 0 Å². The molecule has 0 heterocycles. The molecular weight excluding hydrogens is 393 g/mol. The molecule has 0 atom stereocenters. The fraction of sp³-hybridized carbons (Fsp3) is 0. The molecule has 3 aromatic rings. The third kappa shape index (κ3) is 5.45. The van der Waals surface area contributed by atoms with E-state index in [0.29, 0.717) is 0 Å². The molecule has 0 aromatic heterocycles. The van der Waals surface area contributed by atoms with Gasteiger partial charge >= 0.3 is 128 Å². The zero-order valence-electron chi connectivity index (χ0n) is 12.6. The van der Waals surface area contributed by atoms with E-state index in [4.69, 9.17) is 9.90 Å². The van der Waals surface area contributed by atoms with Gasteiger partial charge in [-0.2, -0.15) is 0 Å². The summed E-state index contributed by atoms with van der Waals surface area (Å²) in [6.07, 6.45) is -1.33. The van der Waals surface area contributed by atoms with Crippen molar-refractivity contribution in [2.45, 2.75) is 0 Å². The number of amides is 1. The molecule has 3 aromatic carbocycles. The van der Waals surface area contributed by atoms with E-state index >= 15 is 0 Å². The van der Waals surface area contributed by atoms with Gasteiger partial charge in [0.05, 0.1) is 0 Å². The topological polar surface area (TPSA) is 63.3 Å². The molecule has 3 nitrogen and oxygen atoms in total. The molecule has 0 saturated heterocycles. The fourth-order valence-electron chi connectivity index (χ4n) is 2.31. The van der Waals surface area contributed by atoms with Gasteiger partial charge in [0.1, 0.15) is 0 Å². The van der Waals surface area contributed by atoms with Crippen molar-refractivity contribution in [1.29, 1.82) is 0 Å². The second kappa shape index (κ2) is 9.00. The number of hydrogen-bond donors (Lipinski definition) is 2. The molecule has 1 radical (unpaired) electrons. The number of carboxylic acid groups (broad SMARTS) is 1. The summed E-state index contributed by atoms with van der Waals surface area (Å²) in [5.41, 5.74) is 4.03. The molecule has 4 heteroatoms. The maximum atomic E-state index is 8.78. The zero-order chi connectivity index (χ0) is 16.5. The fourth-order valence-corrected chi connectivity index (χ4v) is 9.67. The number of benzene rings is 3. The van der Waals surface area contributed by atoms with Crippen LogP contribution in [0.4, 0.5) is 4.79 Å². The summed E-state index contributed by atoms with van der Waals surface area (Å²) in [5.74, 6) is 0. The summed E-state index contributed by atoms with van der Waals surface area (Å²) in [6.45, 7) is 0. The number of rotatable bonds is 3. The van der Waals surface area contributed by atoms with Crippen LogP contribution in [0.25, 0.3) is 0 Å². The Kier molecular flexibility index (Phi) is 6.69. The third-order valence-electron chi connectivity index (χ3n) is 3.19. The Morgan fingerprint density at radius 1 is 0.652 bits per heavy atom. The summed E-state index contributed by atoms with van der Waals surface area (Å²) in [4.78, 5) is 8.78. The Morgan fingerprint density at radius 2 is 0.870 bits per heavy atom. The third-order valence-corrected chi connectivity index (χ3v) is 11.0. The van der Waals surface area contributed by atoms with Gasteiger partial charge in [0, 0.05) is 0 Å². The van der Waals surface area contributed by atoms with Crippen LogP contribution in [-0.2, 0) is 0 Å². The normalized spacial score (nSPS) is 9.78. The quantitative estimate of drug-likeness (QED) is 0.647. The molecule has 3 rings (SSSR count). The van der Waals surface area contributed by atoms with Crippen molar-refractivity contribution in [3.63, 3.8) is 0 Å². The van der Waals surface area contributed by atoms with E-state index in [1.54, 1.807) is 0 Å². The van der Waals surface area contributed by atoms with Crippen LogP contribution in [0.15, 0.2) is 91.0 Å². The van der Waals surface area contributed by atoms with Crippen molar-refractivity contribution in [3.8, 4) is 0 Å². The minimum atomic E-state index is -1.98. The molecule has 0 fully saturated rings. The number of hydrogen-bond acceptors (Lipinski definition) is 1. The summed E-state index contributed by atoms with van der Waals surface area (Å²) < 4.78 is 4.59. The van der Waals surface area contributed by atoms with Crippen molar-refractivity contribution < 1.29 is 9.90 Å². The second-order valence-corrected chi connectivity index (χ2v) is 11.9. The van der Waals surface area contributed by atoms with E-state index in [1.807, 2.05) is 0 Å². The predicted octanol–water partition coefficient (Wildman–Crippen LogP) is 1.83. The van der Waals surface area contributed by atoms with Gasteiger partial charge in [0.15, 0.2) is 0 Å². The molecule has 0 saturated carbocycles. The Morgan fingerprint density at radius 3 is 1.09 bits per heavy atom. The molecule has 23 heavy (non-hydrogen) atoms. The minimum absolute atomic E-state index is 1.33. The van der Waals surface area contributed by atoms with Gasteiger partial charge < -0.3 is 10.8 Å². The molecule has 3 N–H and O–H groups in total. The van der Waals surface area contributed by atoms with Gasteiger partial charge in [0.25, 0.3) is 0 Å². The van der Waals surface area contributed by atoms with E-state index in [9.17, 15) is 0 Å². The van der Waals surface area contributed by atoms with Crippen LogP contribution in [0.3, 0.4) is 0 Å². The van der Waals surface area contributed by atoms with Crippen LogP contribution >= 0.6 is 0 Å². The van der Waals surface area contributed by atoms with E-state index < -0.39 is 25.9 Å². The van der Waals surface area contributed by atoms with E-state index in [0.717, 1.165) is 0 Å². The molecule has 0 bridgehead atoms. The number of primary amides is 1. The predicted molar refractivity (Wildman–Crippen MR) is 96.2 cm³/mol. The van der Waals surface area contributed by atoms with Gasteiger partial charge in [-0.15, -0.1) is 0 Å². The van der Waals surface area contributed by atoms with E-state index in [-0.39, 0.29) is 0 Å². The molecule has 0 spiro atoms. The van der Waals surface area contributed by atoms with Crippen molar-refractivity contribution in [3.05, 3.63) is 91.0 Å². The maximum absolute atomic E-state index is 8.78. The van der Waals surface area contributed by atoms with Crippen molar-refractivity contribution in [2.75, 3.05) is 0 Å². The molecule has 0 aliphatic rings. The average Bonchev–Trinajstić information content (AvgIpc) is 2.58. The first-order chi connectivity index (χ1) is 11.2. The zero-order valence-corrected chi connectivity index (χ0v) is 15.4.